The highest BCUT2D eigenvalue weighted by molar-refractivity contribution is 6.24. The highest BCUT2D eigenvalue weighted by atomic mass is 35.5. The van der Waals surface area contributed by atoms with E-state index in [0.717, 1.165) is 23.7 Å². The first-order valence-corrected chi connectivity index (χ1v) is 8.28. The molecule has 1 N–H and O–H groups in total. The molecule has 0 amide bonds. The van der Waals surface area contributed by atoms with Gasteiger partial charge in [0.1, 0.15) is 12.4 Å². The molecule has 3 rings (SSSR count). The van der Waals surface area contributed by atoms with Gasteiger partial charge in [0.15, 0.2) is 0 Å². The highest BCUT2D eigenvalue weighted by Gasteiger charge is 2.29. The summed E-state index contributed by atoms with van der Waals surface area (Å²) in [7, 11) is 0. The van der Waals surface area contributed by atoms with E-state index in [9.17, 15) is 5.11 Å². The molecule has 1 aliphatic heterocycles. The lowest BCUT2D eigenvalue weighted by Crippen LogP contribution is -2.26. The van der Waals surface area contributed by atoms with E-state index in [1.54, 1.807) is 12.4 Å². The quantitative estimate of drug-likeness (QED) is 0.844. The zero-order valence-corrected chi connectivity index (χ0v) is 15.0. The summed E-state index contributed by atoms with van der Waals surface area (Å²) in [4.78, 5) is 7.96. The van der Waals surface area contributed by atoms with E-state index in [4.69, 9.17) is 16.3 Å². The van der Waals surface area contributed by atoms with Crippen molar-refractivity contribution in [2.75, 3.05) is 6.61 Å². The van der Waals surface area contributed by atoms with Crippen molar-refractivity contribution in [3.05, 3.63) is 59.7 Å². The van der Waals surface area contributed by atoms with Gasteiger partial charge in [0, 0.05) is 17.0 Å². The Bertz CT molecular complexity index is 677. The van der Waals surface area contributed by atoms with Crippen LogP contribution in [0.4, 0.5) is 0 Å². The first kappa shape index (κ1) is 18.4. The monoisotopic (exact) mass is 346 g/mol. The van der Waals surface area contributed by atoms with Gasteiger partial charge in [-0.3, -0.25) is 4.98 Å². The fraction of sp³-hybridized carbons (Fsp3) is 0.368. The van der Waals surface area contributed by atoms with Gasteiger partial charge in [-0.2, -0.15) is 0 Å². The van der Waals surface area contributed by atoms with Gasteiger partial charge in [-0.15, -0.1) is 11.6 Å². The van der Waals surface area contributed by atoms with Crippen molar-refractivity contribution in [1.82, 2.24) is 9.97 Å². The Morgan fingerprint density at radius 2 is 2.17 bits per heavy atom. The van der Waals surface area contributed by atoms with Crippen molar-refractivity contribution in [3.63, 3.8) is 0 Å². The second-order valence-electron chi connectivity index (χ2n) is 6.10. The average molecular weight is 347 g/mol. The molecule has 2 aromatic rings. The van der Waals surface area contributed by atoms with E-state index in [1.807, 2.05) is 45.1 Å². The zero-order chi connectivity index (χ0) is 17.6. The van der Waals surface area contributed by atoms with Crippen LogP contribution < -0.4 is 4.74 Å². The Hall–Kier alpha value is -1.91. The number of aliphatic hydroxyl groups excluding tert-OH is 1. The fourth-order valence-electron chi connectivity index (χ4n) is 2.37. The van der Waals surface area contributed by atoms with Crippen LogP contribution in [0.5, 0.6) is 5.75 Å². The molecular weight excluding hydrogens is 324 g/mol. The van der Waals surface area contributed by atoms with Crippen LogP contribution in [0.15, 0.2) is 42.7 Å². The number of rotatable bonds is 4. The van der Waals surface area contributed by atoms with Crippen molar-refractivity contribution in [3.8, 4) is 5.75 Å². The van der Waals surface area contributed by atoms with Gasteiger partial charge in [0.2, 0.25) is 0 Å². The summed E-state index contributed by atoms with van der Waals surface area (Å²) in [6.07, 6.45) is 7.09. The molecule has 0 saturated carbocycles. The zero-order valence-electron chi connectivity index (χ0n) is 14.2. The van der Waals surface area contributed by atoms with Gasteiger partial charge in [-0.05, 0) is 44.5 Å². The van der Waals surface area contributed by atoms with E-state index >= 15 is 0 Å². The molecule has 0 spiro atoms. The van der Waals surface area contributed by atoms with Gasteiger partial charge < -0.3 is 9.84 Å². The maximum Gasteiger partial charge on any atom is 0.120 e. The Labute approximate surface area is 148 Å². The van der Waals surface area contributed by atoms with Crippen molar-refractivity contribution in [2.45, 2.75) is 38.2 Å². The van der Waals surface area contributed by atoms with Gasteiger partial charge in [-0.1, -0.05) is 18.2 Å². The molecule has 5 heteroatoms. The van der Waals surface area contributed by atoms with Crippen LogP contribution in [0.3, 0.4) is 0 Å². The number of benzene rings is 1. The molecule has 4 nitrogen and oxygen atoms in total. The van der Waals surface area contributed by atoms with E-state index in [0.29, 0.717) is 0 Å². The molecule has 1 aromatic carbocycles. The van der Waals surface area contributed by atoms with Gasteiger partial charge in [0.25, 0.3) is 0 Å². The first-order chi connectivity index (χ1) is 11.4. The standard InChI is InChI=1S/C12H17ClN2O.C7H6O/c1-4-5-9-6-14-7-11(15-9)10(8-16)12(2,3)13;1-2-6-4-7(3-1)8-5-6/h4-7,10,16H,8H2,1-3H3;1-4H,5H2. The molecule has 1 atom stereocenters. The number of aromatic nitrogens is 2. The van der Waals surface area contributed by atoms with E-state index in [2.05, 4.69) is 22.1 Å². The maximum atomic E-state index is 9.37. The summed E-state index contributed by atoms with van der Waals surface area (Å²) in [5.74, 6) is 0.786. The maximum absolute atomic E-state index is 9.37. The van der Waals surface area contributed by atoms with Crippen LogP contribution in [0.25, 0.3) is 6.08 Å². The number of ether oxygens (including phenoxy) is 1. The van der Waals surface area contributed by atoms with Gasteiger partial charge in [0.05, 0.1) is 24.2 Å². The number of nitrogens with zero attached hydrogens (tertiary/aromatic N) is 2. The lowest BCUT2D eigenvalue weighted by atomic mass is 9.92. The number of hydrogen-bond donors (Lipinski definition) is 1. The number of aliphatic hydroxyl groups is 1. The molecule has 0 aliphatic carbocycles. The number of allylic oxidation sites excluding steroid dienone is 1. The second kappa shape index (κ2) is 8.27. The molecule has 0 fully saturated rings. The fourth-order valence-corrected chi connectivity index (χ4v) is 2.55. The van der Waals surface area contributed by atoms with Crippen LogP contribution in [0, 0.1) is 0 Å². The van der Waals surface area contributed by atoms with Crippen molar-refractivity contribution < 1.29 is 9.84 Å². The van der Waals surface area contributed by atoms with Crippen molar-refractivity contribution >= 4 is 17.7 Å². The van der Waals surface area contributed by atoms with Crippen molar-refractivity contribution in [1.29, 1.82) is 0 Å². The molecule has 0 saturated heterocycles. The predicted octanol–water partition coefficient (Wildman–Crippen LogP) is 4.18. The Balaban J connectivity index is 0.000000214. The average Bonchev–Trinajstić information content (AvgIpc) is 2.86. The predicted molar refractivity (Wildman–Crippen MR) is 97.3 cm³/mol. The molecule has 0 radical (unpaired) electrons. The molecule has 1 aromatic heterocycles. The van der Waals surface area contributed by atoms with E-state index in [1.165, 1.54) is 5.56 Å². The molecule has 2 bridgehead atoms. The lowest BCUT2D eigenvalue weighted by molar-refractivity contribution is 0.242. The summed E-state index contributed by atoms with van der Waals surface area (Å²) in [6.45, 7) is 6.37. The smallest absolute Gasteiger partial charge is 0.120 e. The topological polar surface area (TPSA) is 55.2 Å². The lowest BCUT2D eigenvalue weighted by Gasteiger charge is -2.25. The highest BCUT2D eigenvalue weighted by Crippen LogP contribution is 2.31. The van der Waals surface area contributed by atoms with Crippen LogP contribution in [0.2, 0.25) is 0 Å². The number of alkyl halides is 1. The third-order valence-electron chi connectivity index (χ3n) is 3.68. The summed E-state index contributed by atoms with van der Waals surface area (Å²) in [5, 5.41) is 9.37. The van der Waals surface area contributed by atoms with E-state index < -0.39 is 4.87 Å². The number of halogens is 1. The van der Waals surface area contributed by atoms with Crippen LogP contribution in [-0.4, -0.2) is 26.6 Å². The van der Waals surface area contributed by atoms with Crippen LogP contribution in [0.1, 0.15) is 43.6 Å². The SMILES string of the molecule is CC=Cc1cncc(C(CO)C(C)(C)Cl)n1.c1cc2cc(c1)OC2. The summed E-state index contributed by atoms with van der Waals surface area (Å²) >= 11 is 6.22. The van der Waals surface area contributed by atoms with E-state index in [-0.39, 0.29) is 12.5 Å². The molecule has 2 heterocycles. The molecular formula is C19H23ClN2O2. The normalized spacial score (nSPS) is 14.0. The Morgan fingerprint density at radius 3 is 2.75 bits per heavy atom. The number of fused-ring (bicyclic) bond motifs is 2. The summed E-state index contributed by atoms with van der Waals surface area (Å²) in [6, 6.07) is 8.10. The Morgan fingerprint density at radius 1 is 1.38 bits per heavy atom. The number of hydrogen-bond acceptors (Lipinski definition) is 4. The van der Waals surface area contributed by atoms with Gasteiger partial charge >= 0.3 is 0 Å². The molecule has 24 heavy (non-hydrogen) atoms. The summed E-state index contributed by atoms with van der Waals surface area (Å²) < 4.78 is 5.18. The summed E-state index contributed by atoms with van der Waals surface area (Å²) in [5.41, 5.74) is 2.78. The van der Waals surface area contributed by atoms with Crippen LogP contribution in [-0.2, 0) is 6.61 Å². The third-order valence-corrected chi connectivity index (χ3v) is 3.94. The van der Waals surface area contributed by atoms with Crippen LogP contribution >= 0.6 is 11.6 Å². The van der Waals surface area contributed by atoms with Crippen molar-refractivity contribution in [2.24, 2.45) is 0 Å². The minimum Gasteiger partial charge on any atom is -0.489 e. The second-order valence-corrected chi connectivity index (χ2v) is 7.08. The third kappa shape index (κ3) is 5.05. The molecule has 1 unspecified atom stereocenters. The van der Waals surface area contributed by atoms with Gasteiger partial charge in [-0.25, -0.2) is 4.98 Å². The molecule has 128 valence electrons. The molecule has 1 aliphatic rings. The first-order valence-electron chi connectivity index (χ1n) is 7.90. The Kier molecular flexibility index (Phi) is 6.35. The minimum atomic E-state index is -0.544. The largest absolute Gasteiger partial charge is 0.489 e. The minimum absolute atomic E-state index is 0.0372.